The molecule has 1 radical (unpaired) electrons. The van der Waals surface area contributed by atoms with Crippen molar-refractivity contribution in [3.8, 4) is 5.69 Å². The Morgan fingerprint density at radius 1 is 1.04 bits per heavy atom. The third kappa shape index (κ3) is 3.26. The number of fused-ring (bicyclic) bond motifs is 1. The van der Waals surface area contributed by atoms with Crippen molar-refractivity contribution in [2.45, 2.75) is 5.21 Å². The van der Waals surface area contributed by atoms with Crippen LogP contribution >= 0.6 is 0 Å². The van der Waals surface area contributed by atoms with Gasteiger partial charge in [-0.2, -0.15) is 0 Å². The van der Waals surface area contributed by atoms with E-state index in [0.29, 0.717) is 0 Å². The van der Waals surface area contributed by atoms with Gasteiger partial charge in [0, 0.05) is 0 Å². The van der Waals surface area contributed by atoms with Crippen LogP contribution in [-0.2, 0) is 0 Å². The summed E-state index contributed by atoms with van der Waals surface area (Å²) in [6.45, 7) is 1.05. The average Bonchev–Trinajstić information content (AvgIpc) is 2.88. The van der Waals surface area contributed by atoms with Crippen LogP contribution in [0.1, 0.15) is 10.4 Å². The second-order valence-electron chi connectivity index (χ2n) is 5.73. The summed E-state index contributed by atoms with van der Waals surface area (Å²) in [5.41, 5.74) is 3.12. The SMILES string of the molecule is CN(C)CC[As]c1c(C=O)c2ccccc2n1-c1ccccc1. The Kier molecular flexibility index (Phi) is 4.99. The first-order valence-electron chi connectivity index (χ1n) is 7.68. The van der Waals surface area contributed by atoms with Gasteiger partial charge in [-0.15, -0.1) is 0 Å². The molecule has 0 aliphatic heterocycles. The van der Waals surface area contributed by atoms with Crippen LogP contribution in [0.4, 0.5) is 0 Å². The number of para-hydroxylation sites is 2. The van der Waals surface area contributed by atoms with E-state index in [2.05, 4.69) is 47.8 Å². The number of aldehydes is 1. The third-order valence-corrected chi connectivity index (χ3v) is 6.27. The Balaban J connectivity index is 2.16. The zero-order chi connectivity index (χ0) is 16.2. The Morgan fingerprint density at radius 2 is 1.74 bits per heavy atom. The first-order valence-corrected chi connectivity index (χ1v) is 9.95. The summed E-state index contributed by atoms with van der Waals surface area (Å²) < 4.78 is 3.47. The number of carbonyl (C=O) groups excluding carboxylic acids is 1. The molecule has 0 saturated heterocycles. The van der Waals surface area contributed by atoms with Gasteiger partial charge >= 0.3 is 143 Å². The van der Waals surface area contributed by atoms with E-state index in [9.17, 15) is 4.79 Å². The van der Waals surface area contributed by atoms with Crippen molar-refractivity contribution in [1.82, 2.24) is 9.47 Å². The van der Waals surface area contributed by atoms with Crippen molar-refractivity contribution in [3.63, 3.8) is 0 Å². The second-order valence-corrected chi connectivity index (χ2v) is 8.22. The van der Waals surface area contributed by atoms with E-state index in [1.165, 1.54) is 4.48 Å². The van der Waals surface area contributed by atoms with Crippen molar-refractivity contribution >= 4 is 37.4 Å². The standard InChI is InChI=1S/C19H20AsN2O/c1-21(2)13-12-20-19-17(14-23)16-10-6-7-11-18(16)22(19)15-8-4-3-5-9-15/h3-11,14H,12-13H2,1-2H3. The molecular weight excluding hydrogens is 347 g/mol. The predicted molar refractivity (Wildman–Crippen MR) is 97.4 cm³/mol. The fourth-order valence-electron chi connectivity index (χ4n) is 2.72. The topological polar surface area (TPSA) is 25.2 Å². The van der Waals surface area contributed by atoms with Crippen LogP contribution in [0.5, 0.6) is 0 Å². The molecule has 1 aromatic heterocycles. The van der Waals surface area contributed by atoms with E-state index >= 15 is 0 Å². The van der Waals surface area contributed by atoms with E-state index in [-0.39, 0.29) is 15.8 Å². The number of hydrogen-bond acceptors (Lipinski definition) is 2. The van der Waals surface area contributed by atoms with Gasteiger partial charge in [-0.1, -0.05) is 0 Å². The second kappa shape index (κ2) is 7.16. The molecule has 0 aliphatic carbocycles. The molecule has 0 aliphatic rings. The van der Waals surface area contributed by atoms with Gasteiger partial charge in [0.15, 0.2) is 0 Å². The summed E-state index contributed by atoms with van der Waals surface area (Å²) >= 11 is -0.0743. The van der Waals surface area contributed by atoms with Crippen molar-refractivity contribution < 1.29 is 4.79 Å². The van der Waals surface area contributed by atoms with Gasteiger partial charge in [-0.05, 0) is 0 Å². The van der Waals surface area contributed by atoms with Gasteiger partial charge in [0.1, 0.15) is 0 Å². The third-order valence-electron chi connectivity index (χ3n) is 3.83. The molecule has 0 spiro atoms. The van der Waals surface area contributed by atoms with Gasteiger partial charge in [0.25, 0.3) is 0 Å². The van der Waals surface area contributed by atoms with Crippen LogP contribution in [0, 0.1) is 0 Å². The van der Waals surface area contributed by atoms with Gasteiger partial charge < -0.3 is 0 Å². The Bertz CT molecular complexity index is 809. The Labute approximate surface area is 143 Å². The van der Waals surface area contributed by atoms with Crippen LogP contribution in [0.3, 0.4) is 0 Å². The molecule has 3 aromatic rings. The van der Waals surface area contributed by atoms with E-state index in [0.717, 1.165) is 40.2 Å². The number of carbonyl (C=O) groups is 1. The molecule has 1 heterocycles. The summed E-state index contributed by atoms with van der Waals surface area (Å²) in [6.07, 6.45) is 1.03. The van der Waals surface area contributed by atoms with Crippen LogP contribution in [0.25, 0.3) is 16.6 Å². The molecule has 3 nitrogen and oxygen atoms in total. The first-order chi connectivity index (χ1) is 11.2. The van der Waals surface area contributed by atoms with Crippen LogP contribution < -0.4 is 4.48 Å². The number of benzene rings is 2. The molecule has 3 rings (SSSR count). The van der Waals surface area contributed by atoms with Gasteiger partial charge in [-0.25, -0.2) is 0 Å². The van der Waals surface area contributed by atoms with Crippen LogP contribution in [0.15, 0.2) is 54.6 Å². The molecule has 0 atom stereocenters. The van der Waals surface area contributed by atoms with Crippen molar-refractivity contribution in [1.29, 1.82) is 0 Å². The summed E-state index contributed by atoms with van der Waals surface area (Å²) in [5, 5.41) is 2.18. The van der Waals surface area contributed by atoms with Crippen LogP contribution in [-0.4, -0.2) is 52.1 Å². The monoisotopic (exact) mass is 367 g/mol. The normalized spacial score (nSPS) is 11.8. The van der Waals surface area contributed by atoms with Gasteiger partial charge in [-0.3, -0.25) is 0 Å². The van der Waals surface area contributed by atoms with E-state index in [1.54, 1.807) is 0 Å². The number of hydrogen-bond donors (Lipinski definition) is 0. The van der Waals surface area contributed by atoms with Crippen LogP contribution in [0.2, 0.25) is 5.21 Å². The Hall–Kier alpha value is -1.83. The summed E-state index contributed by atoms with van der Waals surface area (Å²) in [6, 6.07) is 18.5. The van der Waals surface area contributed by atoms with E-state index < -0.39 is 0 Å². The van der Waals surface area contributed by atoms with E-state index in [4.69, 9.17) is 0 Å². The molecule has 0 bridgehead atoms. The Morgan fingerprint density at radius 3 is 2.43 bits per heavy atom. The molecule has 0 amide bonds. The molecule has 0 fully saturated rings. The van der Waals surface area contributed by atoms with Crippen molar-refractivity contribution in [2.75, 3.05) is 20.6 Å². The fourth-order valence-corrected chi connectivity index (χ4v) is 5.70. The summed E-state index contributed by atoms with van der Waals surface area (Å²) in [4.78, 5) is 14.0. The van der Waals surface area contributed by atoms with Crippen molar-refractivity contribution in [2.24, 2.45) is 0 Å². The zero-order valence-electron chi connectivity index (χ0n) is 13.4. The molecule has 0 unspecified atom stereocenters. The molecule has 23 heavy (non-hydrogen) atoms. The quantitative estimate of drug-likeness (QED) is 0.495. The first kappa shape index (κ1) is 16.0. The number of aromatic nitrogens is 1. The van der Waals surface area contributed by atoms with E-state index in [1.807, 2.05) is 30.3 Å². The number of rotatable bonds is 6. The fraction of sp³-hybridized carbons (Fsp3) is 0.211. The molecule has 0 saturated carbocycles. The zero-order valence-corrected chi connectivity index (χ0v) is 15.3. The summed E-state index contributed by atoms with van der Waals surface area (Å²) in [7, 11) is 4.18. The minimum atomic E-state index is -0.0743. The molecule has 2 aromatic carbocycles. The molecule has 0 N–H and O–H groups in total. The summed E-state index contributed by atoms with van der Waals surface area (Å²) in [5.74, 6) is 0. The maximum absolute atomic E-state index is 11.8. The number of nitrogens with zero attached hydrogens (tertiary/aromatic N) is 2. The molecule has 117 valence electrons. The van der Waals surface area contributed by atoms with Crippen molar-refractivity contribution in [3.05, 3.63) is 60.2 Å². The maximum atomic E-state index is 11.8. The minimum absolute atomic E-state index is 0.0743. The molecular formula is C19H20AsN2O. The average molecular weight is 367 g/mol. The predicted octanol–water partition coefficient (Wildman–Crippen LogP) is 2.75. The van der Waals surface area contributed by atoms with Gasteiger partial charge in [0.05, 0.1) is 0 Å². The molecule has 4 heteroatoms. The van der Waals surface area contributed by atoms with Gasteiger partial charge in [0.2, 0.25) is 0 Å².